The Labute approximate surface area is 117 Å². The van der Waals surface area contributed by atoms with Crippen LogP contribution in [0.15, 0.2) is 18.2 Å². The third kappa shape index (κ3) is 3.62. The van der Waals surface area contributed by atoms with Crippen LogP contribution >= 0.6 is 11.8 Å². The first-order chi connectivity index (χ1) is 9.10. The van der Waals surface area contributed by atoms with Gasteiger partial charge in [-0.1, -0.05) is 6.42 Å². The maximum absolute atomic E-state index is 13.3. The largest absolute Gasteiger partial charge is 0.396 e. The standard InChI is InChI=1S/C14H19FN2OS/c1-19-11-4-2-3-10(8-11)17-14(18)9-5-6-13(16)12(15)7-9/h5-7,10-11H,2-4,8,16H2,1H3,(H,17,18). The van der Waals surface area contributed by atoms with Gasteiger partial charge < -0.3 is 11.1 Å². The molecule has 3 N–H and O–H groups in total. The molecular formula is C14H19FN2OS. The number of amides is 1. The van der Waals surface area contributed by atoms with Gasteiger partial charge in [-0.3, -0.25) is 4.79 Å². The van der Waals surface area contributed by atoms with Crippen LogP contribution in [0.5, 0.6) is 0 Å². The average Bonchev–Trinajstić information content (AvgIpc) is 2.42. The third-order valence-electron chi connectivity index (χ3n) is 3.56. The van der Waals surface area contributed by atoms with E-state index < -0.39 is 5.82 Å². The van der Waals surface area contributed by atoms with Gasteiger partial charge in [0.1, 0.15) is 5.82 Å². The molecule has 1 aliphatic carbocycles. The van der Waals surface area contributed by atoms with Crippen LogP contribution in [-0.4, -0.2) is 23.5 Å². The van der Waals surface area contributed by atoms with Crippen molar-refractivity contribution in [3.05, 3.63) is 29.6 Å². The lowest BCUT2D eigenvalue weighted by Crippen LogP contribution is -2.39. The van der Waals surface area contributed by atoms with Crippen molar-refractivity contribution in [1.82, 2.24) is 5.32 Å². The van der Waals surface area contributed by atoms with Gasteiger partial charge in [0.15, 0.2) is 0 Å². The molecule has 0 aliphatic heterocycles. The van der Waals surface area contributed by atoms with E-state index in [0.29, 0.717) is 10.8 Å². The van der Waals surface area contributed by atoms with Crippen molar-refractivity contribution in [2.45, 2.75) is 37.0 Å². The van der Waals surface area contributed by atoms with Crippen molar-refractivity contribution >= 4 is 23.4 Å². The molecule has 1 aliphatic rings. The molecule has 0 heterocycles. The van der Waals surface area contributed by atoms with Gasteiger partial charge in [0.05, 0.1) is 5.69 Å². The van der Waals surface area contributed by atoms with E-state index in [1.807, 2.05) is 11.8 Å². The third-order valence-corrected chi connectivity index (χ3v) is 4.65. The molecule has 19 heavy (non-hydrogen) atoms. The summed E-state index contributed by atoms with van der Waals surface area (Å²) in [7, 11) is 0. The number of anilines is 1. The minimum atomic E-state index is -0.543. The quantitative estimate of drug-likeness (QED) is 0.838. The van der Waals surface area contributed by atoms with E-state index in [9.17, 15) is 9.18 Å². The minimum absolute atomic E-state index is 0.0664. The summed E-state index contributed by atoms with van der Waals surface area (Å²) in [5.74, 6) is -0.760. The zero-order valence-corrected chi connectivity index (χ0v) is 11.8. The fourth-order valence-electron chi connectivity index (χ4n) is 2.43. The van der Waals surface area contributed by atoms with Gasteiger partial charge >= 0.3 is 0 Å². The smallest absolute Gasteiger partial charge is 0.251 e. The summed E-state index contributed by atoms with van der Waals surface area (Å²) in [4.78, 5) is 12.0. The molecule has 1 aromatic rings. The van der Waals surface area contributed by atoms with Crippen molar-refractivity contribution in [3.8, 4) is 0 Å². The molecule has 5 heteroatoms. The Morgan fingerprint density at radius 2 is 2.26 bits per heavy atom. The Balaban J connectivity index is 1.98. The maximum atomic E-state index is 13.3. The highest BCUT2D eigenvalue weighted by molar-refractivity contribution is 7.99. The molecule has 104 valence electrons. The Bertz CT molecular complexity index is 467. The van der Waals surface area contributed by atoms with Crippen LogP contribution in [0.3, 0.4) is 0 Å². The molecule has 0 saturated heterocycles. The van der Waals surface area contributed by atoms with Crippen LogP contribution in [-0.2, 0) is 0 Å². The number of hydrogen-bond donors (Lipinski definition) is 2. The molecule has 0 radical (unpaired) electrons. The van der Waals surface area contributed by atoms with Gasteiger partial charge in [0, 0.05) is 16.9 Å². The van der Waals surface area contributed by atoms with Crippen molar-refractivity contribution in [2.24, 2.45) is 0 Å². The van der Waals surface area contributed by atoms with Crippen LogP contribution in [0, 0.1) is 5.82 Å². The van der Waals surface area contributed by atoms with Crippen LogP contribution < -0.4 is 11.1 Å². The van der Waals surface area contributed by atoms with Gasteiger partial charge in [0.25, 0.3) is 5.91 Å². The molecular weight excluding hydrogens is 263 g/mol. The second-order valence-corrected chi connectivity index (χ2v) is 6.07. The topological polar surface area (TPSA) is 55.1 Å². The molecule has 2 unspecified atom stereocenters. The Morgan fingerprint density at radius 1 is 1.47 bits per heavy atom. The summed E-state index contributed by atoms with van der Waals surface area (Å²) in [6.45, 7) is 0. The summed E-state index contributed by atoms with van der Waals surface area (Å²) >= 11 is 1.85. The zero-order valence-electron chi connectivity index (χ0n) is 11.0. The van der Waals surface area contributed by atoms with Gasteiger partial charge in [-0.2, -0.15) is 11.8 Å². The molecule has 2 atom stereocenters. The number of nitrogens with two attached hydrogens (primary N) is 1. The van der Waals surface area contributed by atoms with Crippen LogP contribution in [0.4, 0.5) is 10.1 Å². The van der Waals surface area contributed by atoms with Gasteiger partial charge in [-0.15, -0.1) is 0 Å². The van der Waals surface area contributed by atoms with Crippen molar-refractivity contribution < 1.29 is 9.18 Å². The van der Waals surface area contributed by atoms with E-state index >= 15 is 0 Å². The van der Waals surface area contributed by atoms with E-state index in [1.165, 1.54) is 18.6 Å². The SMILES string of the molecule is CSC1CCCC(NC(=O)c2ccc(N)c(F)c2)C1. The highest BCUT2D eigenvalue weighted by atomic mass is 32.2. The number of nitrogens with one attached hydrogen (secondary N) is 1. The van der Waals surface area contributed by atoms with Crippen LogP contribution in [0.1, 0.15) is 36.0 Å². The summed E-state index contributed by atoms with van der Waals surface area (Å²) in [6.07, 6.45) is 6.44. The van der Waals surface area contributed by atoms with Crippen molar-refractivity contribution in [3.63, 3.8) is 0 Å². The first-order valence-corrected chi connectivity index (χ1v) is 7.77. The van der Waals surface area contributed by atoms with Gasteiger partial charge in [-0.05, 0) is 43.7 Å². The first-order valence-electron chi connectivity index (χ1n) is 6.49. The molecule has 2 rings (SSSR count). The fourth-order valence-corrected chi connectivity index (χ4v) is 3.25. The second-order valence-electron chi connectivity index (χ2n) is 4.93. The Hall–Kier alpha value is -1.23. The predicted molar refractivity (Wildman–Crippen MR) is 77.8 cm³/mol. The summed E-state index contributed by atoms with van der Waals surface area (Å²) in [5, 5.41) is 3.60. The number of nitrogen functional groups attached to an aromatic ring is 1. The summed E-state index contributed by atoms with van der Waals surface area (Å²) < 4.78 is 13.3. The molecule has 0 spiro atoms. The lowest BCUT2D eigenvalue weighted by atomic mass is 9.94. The number of hydrogen-bond acceptors (Lipinski definition) is 3. The normalized spacial score (nSPS) is 23.1. The number of thioether (sulfide) groups is 1. The van der Waals surface area contributed by atoms with E-state index in [1.54, 1.807) is 6.07 Å². The molecule has 3 nitrogen and oxygen atoms in total. The zero-order chi connectivity index (χ0) is 13.8. The second kappa shape index (κ2) is 6.28. The number of rotatable bonds is 3. The predicted octanol–water partition coefficient (Wildman–Crippen LogP) is 2.81. The molecule has 1 aromatic carbocycles. The lowest BCUT2D eigenvalue weighted by Gasteiger charge is -2.28. The summed E-state index contributed by atoms with van der Waals surface area (Å²) in [6, 6.07) is 4.37. The lowest BCUT2D eigenvalue weighted by molar-refractivity contribution is 0.0928. The molecule has 0 aromatic heterocycles. The first kappa shape index (κ1) is 14.2. The average molecular weight is 282 g/mol. The van der Waals surface area contributed by atoms with Crippen molar-refractivity contribution in [2.75, 3.05) is 12.0 Å². The van der Waals surface area contributed by atoms with Crippen LogP contribution in [0.2, 0.25) is 0 Å². The number of carbonyl (C=O) groups excluding carboxylic acids is 1. The fraction of sp³-hybridized carbons (Fsp3) is 0.500. The molecule has 1 amide bonds. The van der Waals surface area contributed by atoms with Crippen LogP contribution in [0.25, 0.3) is 0 Å². The number of benzene rings is 1. The van der Waals surface area contributed by atoms with Crippen molar-refractivity contribution in [1.29, 1.82) is 0 Å². The van der Waals surface area contributed by atoms with Gasteiger partial charge in [-0.25, -0.2) is 4.39 Å². The number of halogens is 1. The highest BCUT2D eigenvalue weighted by Gasteiger charge is 2.23. The monoisotopic (exact) mass is 282 g/mol. The molecule has 1 fully saturated rings. The van der Waals surface area contributed by atoms with E-state index in [0.717, 1.165) is 19.3 Å². The highest BCUT2D eigenvalue weighted by Crippen LogP contribution is 2.27. The van der Waals surface area contributed by atoms with E-state index in [2.05, 4.69) is 11.6 Å². The molecule has 1 saturated carbocycles. The summed E-state index contributed by atoms with van der Waals surface area (Å²) in [5.41, 5.74) is 5.80. The number of carbonyl (C=O) groups is 1. The Kier molecular flexibility index (Phi) is 4.69. The molecule has 0 bridgehead atoms. The van der Waals surface area contributed by atoms with E-state index in [4.69, 9.17) is 5.73 Å². The van der Waals surface area contributed by atoms with E-state index in [-0.39, 0.29) is 17.6 Å². The Morgan fingerprint density at radius 3 is 2.95 bits per heavy atom. The maximum Gasteiger partial charge on any atom is 0.251 e. The minimum Gasteiger partial charge on any atom is -0.396 e. The van der Waals surface area contributed by atoms with Gasteiger partial charge in [0.2, 0.25) is 0 Å².